The number of aromatic nitrogens is 1. The fourth-order valence-electron chi connectivity index (χ4n) is 2.82. The second-order valence-electron chi connectivity index (χ2n) is 7.02. The number of hydrogen-bond donors (Lipinski definition) is 2. The molecule has 1 atom stereocenters. The number of carbonyl (C=O) groups is 1. The predicted molar refractivity (Wildman–Crippen MR) is 131 cm³/mol. The Morgan fingerprint density at radius 3 is 2.42 bits per heavy atom. The lowest BCUT2D eigenvalue weighted by Crippen LogP contribution is -2.15. The summed E-state index contributed by atoms with van der Waals surface area (Å²) in [4.78, 5) is 20.2. The number of nitrogens with zero attached hydrogens (tertiary/aromatic N) is 2. The molecule has 0 fully saturated rings. The number of nitrogens with two attached hydrogens (primary N) is 1. The summed E-state index contributed by atoms with van der Waals surface area (Å²) in [7, 11) is 2.95. The van der Waals surface area contributed by atoms with Crippen molar-refractivity contribution < 1.29 is 9.00 Å². The number of thiazole rings is 1. The third-order valence-electron chi connectivity index (χ3n) is 4.35. The fraction of sp³-hybridized carbons (Fsp3) is 0.238. The summed E-state index contributed by atoms with van der Waals surface area (Å²) in [5, 5.41) is 4.11. The zero-order valence-electron chi connectivity index (χ0n) is 17.0. The Bertz CT molecular complexity index is 1080. The van der Waals surface area contributed by atoms with Crippen LogP contribution in [0.1, 0.15) is 21.7 Å². The molecule has 0 saturated carbocycles. The van der Waals surface area contributed by atoms with Crippen LogP contribution in [0.5, 0.6) is 0 Å². The van der Waals surface area contributed by atoms with Gasteiger partial charge >= 0.3 is 0 Å². The minimum Gasteiger partial charge on any atom is -0.382 e. The first kappa shape index (κ1) is 23.7. The minimum absolute atomic E-state index is 0.104. The summed E-state index contributed by atoms with van der Waals surface area (Å²) in [5.74, 6) is 0.346. The molecular weight excluding hydrogens is 475 g/mol. The molecule has 0 aliphatic heterocycles. The molecule has 0 aliphatic rings. The van der Waals surface area contributed by atoms with Crippen molar-refractivity contribution in [3.8, 4) is 0 Å². The summed E-state index contributed by atoms with van der Waals surface area (Å²) in [6.45, 7) is 0.900. The highest BCUT2D eigenvalue weighted by Crippen LogP contribution is 2.34. The molecule has 1 unspecified atom stereocenters. The molecule has 1 aromatic heterocycles. The summed E-state index contributed by atoms with van der Waals surface area (Å²) in [6, 6.07) is 12.2. The van der Waals surface area contributed by atoms with Crippen molar-refractivity contribution in [2.75, 3.05) is 37.4 Å². The van der Waals surface area contributed by atoms with Gasteiger partial charge in [-0.2, -0.15) is 0 Å². The van der Waals surface area contributed by atoms with Gasteiger partial charge in [-0.05, 0) is 63.5 Å². The fourth-order valence-corrected chi connectivity index (χ4v) is 5.31. The van der Waals surface area contributed by atoms with E-state index in [4.69, 9.17) is 28.9 Å². The average molecular weight is 497 g/mol. The number of benzene rings is 2. The van der Waals surface area contributed by atoms with Gasteiger partial charge in [0.2, 0.25) is 5.78 Å². The molecule has 0 amide bonds. The molecule has 0 radical (unpaired) electrons. The van der Waals surface area contributed by atoms with E-state index < -0.39 is 10.8 Å². The molecule has 0 spiro atoms. The van der Waals surface area contributed by atoms with Crippen molar-refractivity contribution in [3.63, 3.8) is 0 Å². The Morgan fingerprint density at radius 2 is 1.81 bits per heavy atom. The summed E-state index contributed by atoms with van der Waals surface area (Å²) in [5.41, 5.74) is 6.92. The highest BCUT2D eigenvalue weighted by Gasteiger charge is 2.22. The molecule has 6 nitrogen and oxygen atoms in total. The van der Waals surface area contributed by atoms with Crippen molar-refractivity contribution in [2.24, 2.45) is 0 Å². The highest BCUT2D eigenvalue weighted by molar-refractivity contribution is 7.85. The van der Waals surface area contributed by atoms with Crippen LogP contribution in [0.2, 0.25) is 10.0 Å². The van der Waals surface area contributed by atoms with E-state index in [0.717, 1.165) is 34.9 Å². The van der Waals surface area contributed by atoms with Gasteiger partial charge in [-0.1, -0.05) is 40.6 Å². The van der Waals surface area contributed by atoms with Crippen LogP contribution >= 0.6 is 34.5 Å². The monoisotopic (exact) mass is 496 g/mol. The smallest absolute Gasteiger partial charge is 0.209 e. The van der Waals surface area contributed by atoms with Crippen molar-refractivity contribution in [1.82, 2.24) is 9.88 Å². The zero-order valence-corrected chi connectivity index (χ0v) is 20.2. The van der Waals surface area contributed by atoms with Crippen LogP contribution in [0.3, 0.4) is 0 Å². The average Bonchev–Trinajstić information content (AvgIpc) is 3.08. The first-order valence-electron chi connectivity index (χ1n) is 9.41. The number of halogens is 2. The predicted octanol–water partition coefficient (Wildman–Crippen LogP) is 5.07. The van der Waals surface area contributed by atoms with Crippen molar-refractivity contribution in [2.45, 2.75) is 11.3 Å². The van der Waals surface area contributed by atoms with E-state index >= 15 is 0 Å². The van der Waals surface area contributed by atoms with Gasteiger partial charge in [0.25, 0.3) is 0 Å². The number of ketones is 1. The standard InChI is InChI=1S/C21H22Cl2N4O2S2/c1-27(2)11-4-12-31(29)14-9-7-13(8-10-14)25-21-26-20(24)19(30-21)18(28)17-15(22)5-3-6-16(17)23/h3,5-10H,4,11-12,24H2,1-2H3,(H,25,26). The van der Waals surface area contributed by atoms with Gasteiger partial charge in [0.1, 0.15) is 10.7 Å². The van der Waals surface area contributed by atoms with Gasteiger partial charge in [0, 0.05) is 16.3 Å². The molecule has 3 N–H and O–H groups in total. The normalized spacial score (nSPS) is 12.2. The highest BCUT2D eigenvalue weighted by atomic mass is 35.5. The largest absolute Gasteiger partial charge is 0.382 e. The third-order valence-corrected chi connectivity index (χ3v) is 7.43. The number of nitrogens with one attached hydrogen (secondary N) is 1. The minimum atomic E-state index is -1.04. The maximum absolute atomic E-state index is 12.9. The molecule has 2 aromatic carbocycles. The van der Waals surface area contributed by atoms with Crippen molar-refractivity contribution in [3.05, 3.63) is 63.0 Å². The first-order chi connectivity index (χ1) is 14.8. The number of rotatable bonds is 9. The van der Waals surface area contributed by atoms with Crippen LogP contribution in [-0.2, 0) is 10.8 Å². The lowest BCUT2D eigenvalue weighted by molar-refractivity contribution is 0.104. The van der Waals surface area contributed by atoms with E-state index in [1.54, 1.807) is 18.2 Å². The molecule has 3 aromatic rings. The van der Waals surface area contributed by atoms with Crippen LogP contribution in [0, 0.1) is 0 Å². The SMILES string of the molecule is CN(C)CCCS(=O)c1ccc(Nc2nc(N)c(C(=O)c3c(Cl)cccc3Cl)s2)cc1. The molecule has 1 heterocycles. The lowest BCUT2D eigenvalue weighted by atomic mass is 10.1. The maximum Gasteiger partial charge on any atom is 0.209 e. The number of nitrogen functional groups attached to an aromatic ring is 1. The van der Waals surface area contributed by atoms with E-state index in [0.29, 0.717) is 10.9 Å². The number of anilines is 3. The van der Waals surface area contributed by atoms with E-state index in [-0.39, 0.29) is 32.1 Å². The Balaban J connectivity index is 1.70. The van der Waals surface area contributed by atoms with Gasteiger partial charge < -0.3 is 16.0 Å². The zero-order chi connectivity index (χ0) is 22.5. The molecule has 0 bridgehead atoms. The molecule has 0 saturated heterocycles. The van der Waals surface area contributed by atoms with E-state index in [2.05, 4.69) is 15.2 Å². The maximum atomic E-state index is 12.9. The first-order valence-corrected chi connectivity index (χ1v) is 12.3. The van der Waals surface area contributed by atoms with Crippen LogP contribution in [0.15, 0.2) is 47.4 Å². The molecule has 164 valence electrons. The molecule has 0 aliphatic carbocycles. The summed E-state index contributed by atoms with van der Waals surface area (Å²) < 4.78 is 12.4. The van der Waals surface area contributed by atoms with Gasteiger partial charge in [-0.15, -0.1) is 0 Å². The second-order valence-corrected chi connectivity index (χ2v) is 10.4. The van der Waals surface area contributed by atoms with Gasteiger partial charge in [0.15, 0.2) is 5.13 Å². The Labute approximate surface area is 197 Å². The Kier molecular flexibility index (Phi) is 8.07. The van der Waals surface area contributed by atoms with Crippen LogP contribution in [-0.4, -0.2) is 46.3 Å². The molecule has 31 heavy (non-hydrogen) atoms. The van der Waals surface area contributed by atoms with Crippen molar-refractivity contribution in [1.29, 1.82) is 0 Å². The number of hydrogen-bond acceptors (Lipinski definition) is 7. The molecular formula is C21H22Cl2N4O2S2. The van der Waals surface area contributed by atoms with Crippen LogP contribution in [0.4, 0.5) is 16.6 Å². The van der Waals surface area contributed by atoms with Gasteiger partial charge in [-0.3, -0.25) is 9.00 Å². The van der Waals surface area contributed by atoms with Gasteiger partial charge in [0.05, 0.1) is 26.4 Å². The van der Waals surface area contributed by atoms with E-state index in [9.17, 15) is 9.00 Å². The Hall–Kier alpha value is -1.97. The van der Waals surface area contributed by atoms with Crippen LogP contribution < -0.4 is 11.1 Å². The Morgan fingerprint density at radius 1 is 1.16 bits per heavy atom. The second kappa shape index (κ2) is 10.6. The quantitative estimate of drug-likeness (QED) is 0.402. The lowest BCUT2D eigenvalue weighted by Gasteiger charge is -2.09. The van der Waals surface area contributed by atoms with Crippen LogP contribution in [0.25, 0.3) is 0 Å². The topological polar surface area (TPSA) is 88.3 Å². The van der Waals surface area contributed by atoms with E-state index in [1.807, 2.05) is 38.4 Å². The number of carbonyl (C=O) groups excluding carboxylic acids is 1. The molecule has 10 heteroatoms. The van der Waals surface area contributed by atoms with Gasteiger partial charge in [-0.25, -0.2) is 4.98 Å². The van der Waals surface area contributed by atoms with E-state index in [1.165, 1.54) is 0 Å². The molecule has 3 rings (SSSR count). The third kappa shape index (κ3) is 6.05. The summed E-state index contributed by atoms with van der Waals surface area (Å²) in [6.07, 6.45) is 0.865. The van der Waals surface area contributed by atoms with Crippen molar-refractivity contribution >= 4 is 67.8 Å². The summed E-state index contributed by atoms with van der Waals surface area (Å²) >= 11 is 13.4.